The number of amides is 1. The summed E-state index contributed by atoms with van der Waals surface area (Å²) in [6.45, 7) is 9.21. The van der Waals surface area contributed by atoms with Crippen molar-refractivity contribution in [1.29, 1.82) is 0 Å². The number of carboxylic acid groups (broad SMARTS) is 1. The van der Waals surface area contributed by atoms with E-state index in [1.165, 1.54) is 0 Å². The number of hydrogen-bond donors (Lipinski definition) is 2. The molecule has 5 nitrogen and oxygen atoms in total. The van der Waals surface area contributed by atoms with E-state index in [1.807, 2.05) is 18.2 Å². The number of nitrogens with one attached hydrogen (secondary N) is 1. The number of nitrogens with zero attached hydrogens (tertiary/aromatic N) is 1. The number of benzene rings is 1. The molecule has 1 atom stereocenters. The number of aliphatic carboxylic acids is 1. The van der Waals surface area contributed by atoms with E-state index in [2.05, 4.69) is 33.0 Å². The van der Waals surface area contributed by atoms with Crippen molar-refractivity contribution in [3.8, 4) is 0 Å². The van der Waals surface area contributed by atoms with Gasteiger partial charge in [0.2, 0.25) is 5.91 Å². The van der Waals surface area contributed by atoms with Crippen molar-refractivity contribution in [1.82, 2.24) is 4.90 Å². The number of carboxylic acids is 1. The van der Waals surface area contributed by atoms with Gasteiger partial charge in [-0.25, -0.2) is 0 Å². The molecule has 1 aromatic carbocycles. The summed E-state index contributed by atoms with van der Waals surface area (Å²) in [5.41, 5.74) is 3.12. The third-order valence-corrected chi connectivity index (χ3v) is 4.63. The summed E-state index contributed by atoms with van der Waals surface area (Å²) in [5.74, 6) is -0.376. The molecule has 24 heavy (non-hydrogen) atoms. The maximum absolute atomic E-state index is 12.5. The van der Waals surface area contributed by atoms with Crippen molar-refractivity contribution in [2.75, 3.05) is 18.4 Å². The lowest BCUT2D eigenvalue weighted by atomic mass is 9.92. The number of anilines is 1. The van der Waals surface area contributed by atoms with Gasteiger partial charge < -0.3 is 10.4 Å². The van der Waals surface area contributed by atoms with Crippen LogP contribution in [-0.2, 0) is 9.59 Å². The average molecular weight is 332 g/mol. The minimum Gasteiger partial charge on any atom is -0.480 e. The van der Waals surface area contributed by atoms with Crippen LogP contribution in [0, 0.1) is 0 Å². The highest BCUT2D eigenvalue weighted by Crippen LogP contribution is 2.32. The lowest BCUT2D eigenvalue weighted by molar-refractivity contribution is -0.142. The van der Waals surface area contributed by atoms with Gasteiger partial charge in [-0.15, -0.1) is 0 Å². The molecule has 1 fully saturated rings. The summed E-state index contributed by atoms with van der Waals surface area (Å²) in [6.07, 6.45) is 1.44. The van der Waals surface area contributed by atoms with Crippen LogP contribution in [0.15, 0.2) is 18.2 Å². The SMILES string of the molecule is CC(C)c1cccc(C(C)C)c1NC(=O)CN1CCC[C@H]1C(=O)O. The largest absolute Gasteiger partial charge is 0.480 e. The van der Waals surface area contributed by atoms with Gasteiger partial charge in [0.25, 0.3) is 0 Å². The molecule has 2 N–H and O–H groups in total. The first-order valence-electron chi connectivity index (χ1n) is 8.70. The number of likely N-dealkylation sites (tertiary alicyclic amines) is 1. The zero-order chi connectivity index (χ0) is 17.9. The Morgan fingerprint density at radius 1 is 1.21 bits per heavy atom. The fourth-order valence-corrected chi connectivity index (χ4v) is 3.35. The van der Waals surface area contributed by atoms with Gasteiger partial charge in [-0.1, -0.05) is 45.9 Å². The molecule has 1 amide bonds. The molecule has 1 aliphatic heterocycles. The second-order valence-corrected chi connectivity index (χ2v) is 7.14. The van der Waals surface area contributed by atoms with E-state index in [4.69, 9.17) is 0 Å². The van der Waals surface area contributed by atoms with Crippen LogP contribution in [0.3, 0.4) is 0 Å². The maximum atomic E-state index is 12.5. The summed E-state index contributed by atoms with van der Waals surface area (Å²) >= 11 is 0. The highest BCUT2D eigenvalue weighted by molar-refractivity contribution is 5.94. The van der Waals surface area contributed by atoms with Crippen molar-refractivity contribution >= 4 is 17.6 Å². The standard InChI is InChI=1S/C19H28N2O3/c1-12(2)14-7-5-8-15(13(3)4)18(14)20-17(22)11-21-10-6-9-16(21)19(23)24/h5,7-8,12-13,16H,6,9-11H2,1-4H3,(H,20,22)(H,23,24)/t16-/m0/s1. The van der Waals surface area contributed by atoms with Crippen LogP contribution in [0.2, 0.25) is 0 Å². The lowest BCUT2D eigenvalue weighted by Gasteiger charge is -2.23. The van der Waals surface area contributed by atoms with E-state index >= 15 is 0 Å². The van der Waals surface area contributed by atoms with Gasteiger partial charge in [0.05, 0.1) is 6.54 Å². The number of para-hydroxylation sites is 1. The molecule has 0 bridgehead atoms. The van der Waals surface area contributed by atoms with E-state index in [9.17, 15) is 14.7 Å². The fraction of sp³-hybridized carbons (Fsp3) is 0.579. The van der Waals surface area contributed by atoms with Crippen molar-refractivity contribution in [2.45, 2.75) is 58.4 Å². The Hall–Kier alpha value is -1.88. The molecule has 5 heteroatoms. The highest BCUT2D eigenvalue weighted by atomic mass is 16.4. The predicted molar refractivity (Wildman–Crippen MR) is 95.5 cm³/mol. The first-order chi connectivity index (χ1) is 11.3. The fourth-order valence-electron chi connectivity index (χ4n) is 3.35. The van der Waals surface area contributed by atoms with Crippen LogP contribution in [0.5, 0.6) is 0 Å². The maximum Gasteiger partial charge on any atom is 0.320 e. The molecule has 0 spiro atoms. The smallest absolute Gasteiger partial charge is 0.320 e. The van der Waals surface area contributed by atoms with Crippen LogP contribution in [0.25, 0.3) is 0 Å². The Kier molecular flexibility index (Phi) is 5.99. The first kappa shape index (κ1) is 18.5. The third kappa shape index (κ3) is 4.15. The van der Waals surface area contributed by atoms with Gasteiger partial charge in [0, 0.05) is 5.69 Å². The second kappa shape index (κ2) is 7.79. The minimum absolute atomic E-state index is 0.126. The van der Waals surface area contributed by atoms with Crippen LogP contribution >= 0.6 is 0 Å². The Balaban J connectivity index is 2.18. The van der Waals surface area contributed by atoms with E-state index in [0.717, 1.165) is 23.2 Å². The topological polar surface area (TPSA) is 69.6 Å². The second-order valence-electron chi connectivity index (χ2n) is 7.14. The van der Waals surface area contributed by atoms with Crippen molar-refractivity contribution in [3.05, 3.63) is 29.3 Å². The summed E-state index contributed by atoms with van der Waals surface area (Å²) in [4.78, 5) is 25.6. The number of hydrogen-bond acceptors (Lipinski definition) is 3. The Morgan fingerprint density at radius 2 is 1.79 bits per heavy atom. The summed E-state index contributed by atoms with van der Waals surface area (Å²) in [5, 5.41) is 12.3. The van der Waals surface area contributed by atoms with Crippen LogP contribution in [-0.4, -0.2) is 41.0 Å². The summed E-state index contributed by atoms with van der Waals surface area (Å²) in [7, 11) is 0. The zero-order valence-electron chi connectivity index (χ0n) is 15.0. The molecule has 1 aliphatic rings. The molecule has 0 aromatic heterocycles. The monoisotopic (exact) mass is 332 g/mol. The van der Waals surface area contributed by atoms with Crippen LogP contribution in [0.4, 0.5) is 5.69 Å². The molecular weight excluding hydrogens is 304 g/mol. The molecule has 0 unspecified atom stereocenters. The number of rotatable bonds is 6. The number of carbonyl (C=O) groups excluding carboxylic acids is 1. The van der Waals surface area contributed by atoms with Gasteiger partial charge in [-0.3, -0.25) is 14.5 Å². The summed E-state index contributed by atoms with van der Waals surface area (Å²) < 4.78 is 0. The molecule has 132 valence electrons. The van der Waals surface area contributed by atoms with Crippen molar-refractivity contribution in [2.24, 2.45) is 0 Å². The predicted octanol–water partition coefficient (Wildman–Crippen LogP) is 3.42. The van der Waals surface area contributed by atoms with Crippen molar-refractivity contribution in [3.63, 3.8) is 0 Å². The van der Waals surface area contributed by atoms with Gasteiger partial charge in [0.15, 0.2) is 0 Å². The van der Waals surface area contributed by atoms with Crippen LogP contribution < -0.4 is 5.32 Å². The normalized spacial score (nSPS) is 18.3. The van der Waals surface area contributed by atoms with Crippen LogP contribution in [0.1, 0.15) is 63.5 Å². The third-order valence-electron chi connectivity index (χ3n) is 4.63. The molecule has 1 saturated heterocycles. The quantitative estimate of drug-likeness (QED) is 0.837. The summed E-state index contributed by atoms with van der Waals surface area (Å²) in [6, 6.07) is 5.58. The highest BCUT2D eigenvalue weighted by Gasteiger charge is 2.31. The minimum atomic E-state index is -0.842. The molecule has 0 radical (unpaired) electrons. The Morgan fingerprint density at radius 3 is 2.29 bits per heavy atom. The average Bonchev–Trinajstić information content (AvgIpc) is 2.95. The van der Waals surface area contributed by atoms with Gasteiger partial charge in [-0.05, 0) is 42.3 Å². The molecule has 0 aliphatic carbocycles. The molecular formula is C19H28N2O3. The van der Waals surface area contributed by atoms with E-state index < -0.39 is 12.0 Å². The Labute approximate surface area is 144 Å². The van der Waals surface area contributed by atoms with Crippen molar-refractivity contribution < 1.29 is 14.7 Å². The van der Waals surface area contributed by atoms with E-state index in [1.54, 1.807) is 4.90 Å². The molecule has 1 aromatic rings. The van der Waals surface area contributed by atoms with Gasteiger partial charge in [0.1, 0.15) is 6.04 Å². The molecule has 1 heterocycles. The molecule has 0 saturated carbocycles. The number of carbonyl (C=O) groups is 2. The van der Waals surface area contributed by atoms with Gasteiger partial charge >= 0.3 is 5.97 Å². The van der Waals surface area contributed by atoms with E-state index in [0.29, 0.717) is 24.8 Å². The molecule has 2 rings (SSSR count). The van der Waals surface area contributed by atoms with E-state index in [-0.39, 0.29) is 12.5 Å². The first-order valence-corrected chi connectivity index (χ1v) is 8.70. The Bertz CT molecular complexity index is 584. The lowest BCUT2D eigenvalue weighted by Crippen LogP contribution is -2.41. The zero-order valence-corrected chi connectivity index (χ0v) is 15.0. The van der Waals surface area contributed by atoms with Gasteiger partial charge in [-0.2, -0.15) is 0 Å².